The zero-order chi connectivity index (χ0) is 30.1. The number of amides is 1. The van der Waals surface area contributed by atoms with E-state index < -0.39 is 58.4 Å². The van der Waals surface area contributed by atoms with Crippen molar-refractivity contribution < 1.29 is 34.5 Å². The van der Waals surface area contributed by atoms with E-state index in [1.165, 1.54) is 4.90 Å². The van der Waals surface area contributed by atoms with Crippen molar-refractivity contribution in [3.05, 3.63) is 28.3 Å². The molecule has 2 fully saturated rings. The normalized spacial score (nSPS) is 28.4. The van der Waals surface area contributed by atoms with Crippen molar-refractivity contribution in [2.24, 2.45) is 28.9 Å². The third-order valence-corrected chi connectivity index (χ3v) is 8.37. The Bertz CT molecular complexity index is 1330. The van der Waals surface area contributed by atoms with Gasteiger partial charge in [-0.25, -0.2) is 0 Å². The van der Waals surface area contributed by atoms with E-state index in [2.05, 4.69) is 26.1 Å². The quantitative estimate of drug-likeness (QED) is 0.311. The highest BCUT2D eigenvalue weighted by molar-refractivity contribution is 6.32. The van der Waals surface area contributed by atoms with Crippen LogP contribution in [0.25, 0.3) is 5.76 Å². The number of ketones is 3. The Kier molecular flexibility index (Phi) is 7.40. The lowest BCUT2D eigenvalue weighted by Crippen LogP contribution is -2.72. The monoisotopic (exact) mass is 556 g/mol. The molecule has 3 aliphatic rings. The molecule has 5 unspecified atom stereocenters. The smallest absolute Gasteiger partial charge is 0.235 e. The van der Waals surface area contributed by atoms with Gasteiger partial charge >= 0.3 is 0 Å². The van der Waals surface area contributed by atoms with E-state index in [0.717, 1.165) is 5.69 Å². The van der Waals surface area contributed by atoms with Gasteiger partial charge in [-0.05, 0) is 49.9 Å². The standard InChI is InChI=1S/C29H40N4O7/c1-28(2,3)12-31-11-14-10-17(32(4)5)15-8-13-9-16-21(33(6)7)24(36)20(27(30)39)26(38)29(16,40)25(37)18(13)23(35)19(15)22(14)34/h10,13,16,20-21,31,34-35,40H,8-9,11-12H2,1-7H3,(H2,30,39). The van der Waals surface area contributed by atoms with Crippen molar-refractivity contribution in [3.8, 4) is 5.75 Å². The van der Waals surface area contributed by atoms with Crippen LogP contribution in [0.15, 0.2) is 11.6 Å². The van der Waals surface area contributed by atoms with Crippen LogP contribution in [0.5, 0.6) is 5.75 Å². The van der Waals surface area contributed by atoms with E-state index in [4.69, 9.17) is 5.73 Å². The van der Waals surface area contributed by atoms with E-state index in [1.807, 2.05) is 25.1 Å². The van der Waals surface area contributed by atoms with Gasteiger partial charge in [0, 0.05) is 49.9 Å². The molecule has 3 aliphatic carbocycles. The number of hydrogen-bond acceptors (Lipinski definition) is 10. The molecule has 0 aliphatic heterocycles. The number of nitrogens with two attached hydrogens (primary N) is 1. The highest BCUT2D eigenvalue weighted by Crippen LogP contribution is 2.53. The lowest BCUT2D eigenvalue weighted by Gasteiger charge is -2.51. The van der Waals surface area contributed by atoms with Crippen LogP contribution in [0.3, 0.4) is 0 Å². The van der Waals surface area contributed by atoms with Crippen molar-refractivity contribution in [1.29, 1.82) is 0 Å². The van der Waals surface area contributed by atoms with Crippen LogP contribution in [0.4, 0.5) is 5.69 Å². The first-order valence-corrected chi connectivity index (χ1v) is 13.4. The van der Waals surface area contributed by atoms with Crippen molar-refractivity contribution in [1.82, 2.24) is 10.2 Å². The van der Waals surface area contributed by atoms with Gasteiger partial charge in [-0.1, -0.05) is 20.8 Å². The van der Waals surface area contributed by atoms with Crippen molar-refractivity contribution in [3.63, 3.8) is 0 Å². The predicted octanol–water partition coefficient (Wildman–Crippen LogP) is 0.539. The molecule has 0 bridgehead atoms. The number of carbonyl (C=O) groups excluding carboxylic acids is 4. The number of hydrogen-bond donors (Lipinski definition) is 5. The number of nitrogens with zero attached hydrogens (tertiary/aromatic N) is 2. The van der Waals surface area contributed by atoms with Crippen molar-refractivity contribution in [2.75, 3.05) is 39.6 Å². The second-order valence-corrected chi connectivity index (χ2v) is 12.9. The van der Waals surface area contributed by atoms with Gasteiger partial charge in [-0.15, -0.1) is 0 Å². The summed E-state index contributed by atoms with van der Waals surface area (Å²) in [5, 5.41) is 37.9. The summed E-state index contributed by atoms with van der Waals surface area (Å²) in [6, 6.07) is 0.726. The van der Waals surface area contributed by atoms with E-state index in [0.29, 0.717) is 24.2 Å². The van der Waals surface area contributed by atoms with Crippen LogP contribution in [-0.4, -0.2) is 89.9 Å². The van der Waals surface area contributed by atoms with Crippen LogP contribution in [0.1, 0.15) is 43.9 Å². The summed E-state index contributed by atoms with van der Waals surface area (Å²) in [5.74, 6) is -8.79. The fourth-order valence-electron chi connectivity index (χ4n) is 6.60. The molecule has 4 rings (SSSR count). The van der Waals surface area contributed by atoms with Crippen LogP contribution >= 0.6 is 0 Å². The number of Topliss-reactive ketones (excluding diaryl/α,β-unsaturated/α-hetero) is 3. The molecule has 11 heteroatoms. The fourth-order valence-corrected chi connectivity index (χ4v) is 6.60. The Morgan fingerprint density at radius 3 is 2.30 bits per heavy atom. The molecular weight excluding hydrogens is 516 g/mol. The van der Waals surface area contributed by atoms with Crippen LogP contribution < -0.4 is 16.0 Å². The molecule has 2 saturated carbocycles. The largest absolute Gasteiger partial charge is 0.507 e. The van der Waals surface area contributed by atoms with Gasteiger partial charge in [-0.2, -0.15) is 0 Å². The average molecular weight is 557 g/mol. The Labute approximate surface area is 234 Å². The van der Waals surface area contributed by atoms with Gasteiger partial charge < -0.3 is 31.3 Å². The topological polar surface area (TPSA) is 173 Å². The number of fused-ring (bicyclic) bond motifs is 3. The van der Waals surface area contributed by atoms with Crippen molar-refractivity contribution in [2.45, 2.75) is 51.8 Å². The average Bonchev–Trinajstić information content (AvgIpc) is 2.81. The minimum atomic E-state index is -2.73. The number of rotatable bonds is 6. The Morgan fingerprint density at radius 1 is 1.15 bits per heavy atom. The lowest BCUT2D eigenvalue weighted by atomic mass is 9.54. The zero-order valence-electron chi connectivity index (χ0n) is 24.2. The van der Waals surface area contributed by atoms with Crippen LogP contribution in [0.2, 0.25) is 0 Å². The van der Waals surface area contributed by atoms with Gasteiger partial charge in [0.2, 0.25) is 11.7 Å². The van der Waals surface area contributed by atoms with E-state index in [1.54, 1.807) is 14.1 Å². The first-order valence-electron chi connectivity index (χ1n) is 13.4. The molecular formula is C29H40N4O7. The number of nitrogens with one attached hydrogen (secondary N) is 1. The van der Waals surface area contributed by atoms with Gasteiger partial charge in [0.15, 0.2) is 23.1 Å². The first-order chi connectivity index (χ1) is 18.4. The lowest BCUT2D eigenvalue weighted by molar-refractivity contribution is -0.175. The number of aliphatic hydroxyl groups is 2. The molecule has 40 heavy (non-hydrogen) atoms. The SMILES string of the molecule is CN(C)c1cc(CNCC(C)(C)C)c(O)c2c1CC1CC3C(N(C)C)C(=O)C(C(N)=O)C(=O)C3(O)C(=O)C1=C2O. The second kappa shape index (κ2) is 9.97. The second-order valence-electron chi connectivity index (χ2n) is 12.9. The molecule has 0 spiro atoms. The molecule has 1 amide bonds. The summed E-state index contributed by atoms with van der Waals surface area (Å²) in [7, 11) is 6.81. The first kappa shape index (κ1) is 29.7. The molecule has 0 saturated heterocycles. The number of phenolic OH excluding ortho intramolecular Hbond substituents is 1. The van der Waals surface area contributed by atoms with E-state index >= 15 is 0 Å². The number of anilines is 1. The van der Waals surface area contributed by atoms with Gasteiger partial charge in [0.1, 0.15) is 11.5 Å². The molecule has 0 radical (unpaired) electrons. The summed E-state index contributed by atoms with van der Waals surface area (Å²) >= 11 is 0. The minimum Gasteiger partial charge on any atom is -0.507 e. The molecule has 5 atom stereocenters. The zero-order valence-corrected chi connectivity index (χ0v) is 24.2. The maximum Gasteiger partial charge on any atom is 0.235 e. The minimum absolute atomic E-state index is 0.00680. The highest BCUT2D eigenvalue weighted by Gasteiger charge is 2.67. The number of aromatic hydroxyl groups is 1. The Balaban J connectivity index is 1.88. The maximum absolute atomic E-state index is 14.0. The van der Waals surface area contributed by atoms with E-state index in [9.17, 15) is 34.5 Å². The van der Waals surface area contributed by atoms with E-state index in [-0.39, 0.29) is 35.1 Å². The molecule has 6 N–H and O–H groups in total. The Hall–Kier alpha value is -3.28. The third-order valence-electron chi connectivity index (χ3n) is 8.37. The van der Waals surface area contributed by atoms with Crippen molar-refractivity contribution >= 4 is 34.7 Å². The molecule has 0 aromatic heterocycles. The molecule has 218 valence electrons. The number of benzene rings is 1. The predicted molar refractivity (Wildman–Crippen MR) is 149 cm³/mol. The highest BCUT2D eigenvalue weighted by atomic mass is 16.3. The molecule has 1 aromatic carbocycles. The number of primary amides is 1. The molecule has 1 aromatic rings. The number of phenols is 1. The summed E-state index contributed by atoms with van der Waals surface area (Å²) < 4.78 is 0. The summed E-state index contributed by atoms with van der Waals surface area (Å²) in [6.07, 6.45) is 0.251. The molecule has 0 heterocycles. The summed E-state index contributed by atoms with van der Waals surface area (Å²) in [4.78, 5) is 56.1. The number of likely N-dealkylation sites (N-methyl/N-ethyl adjacent to an activating group) is 1. The fraction of sp³-hybridized carbons (Fsp3) is 0.586. The van der Waals surface area contributed by atoms with Gasteiger partial charge in [0.25, 0.3) is 0 Å². The van der Waals surface area contributed by atoms with Gasteiger partial charge in [-0.3, -0.25) is 24.1 Å². The Morgan fingerprint density at radius 2 is 1.77 bits per heavy atom. The summed E-state index contributed by atoms with van der Waals surface area (Å²) in [5.41, 5.74) is 4.41. The van der Waals surface area contributed by atoms with Gasteiger partial charge in [0.05, 0.1) is 11.6 Å². The third kappa shape index (κ3) is 4.49. The van der Waals surface area contributed by atoms with Crippen LogP contribution in [-0.2, 0) is 32.1 Å². The number of carbonyl (C=O) groups is 4. The van der Waals surface area contributed by atoms with Crippen LogP contribution in [0, 0.1) is 23.2 Å². The summed E-state index contributed by atoms with van der Waals surface area (Å²) in [6.45, 7) is 7.19. The number of aliphatic hydroxyl groups excluding tert-OH is 1. The maximum atomic E-state index is 14.0. The molecule has 11 nitrogen and oxygen atoms in total.